The molecule has 1 aliphatic rings. The zero-order valence-corrected chi connectivity index (χ0v) is 18.8. The van der Waals surface area contributed by atoms with E-state index in [4.69, 9.17) is 0 Å². The molecule has 0 unspecified atom stereocenters. The molecule has 1 saturated heterocycles. The van der Waals surface area contributed by atoms with Crippen LogP contribution in [0.25, 0.3) is 0 Å². The molecule has 168 valence electrons. The first kappa shape index (κ1) is 22.3. The average Bonchev–Trinajstić information content (AvgIpc) is 3.21. The fraction of sp³-hybridized carbons (Fsp3) is 0.222. The molecule has 3 aromatic carbocycles. The second-order valence-electron chi connectivity index (χ2n) is 8.37. The van der Waals surface area contributed by atoms with Gasteiger partial charge in [0.1, 0.15) is 0 Å². The van der Waals surface area contributed by atoms with Gasteiger partial charge in [-0.25, -0.2) is 0 Å². The van der Waals surface area contributed by atoms with Crippen LogP contribution in [0.2, 0.25) is 0 Å². The summed E-state index contributed by atoms with van der Waals surface area (Å²) in [4.78, 5) is 42.1. The van der Waals surface area contributed by atoms with E-state index in [-0.39, 0.29) is 24.1 Å². The minimum Gasteiger partial charge on any atom is -0.337 e. The van der Waals surface area contributed by atoms with Crippen LogP contribution in [0, 0.1) is 12.8 Å². The minimum absolute atomic E-state index is 0.0728. The number of carbonyl (C=O) groups is 3. The maximum absolute atomic E-state index is 13.1. The third-order valence-electron chi connectivity index (χ3n) is 5.93. The zero-order valence-electron chi connectivity index (χ0n) is 18.8. The van der Waals surface area contributed by atoms with Gasteiger partial charge in [-0.1, -0.05) is 60.7 Å². The molecule has 1 N–H and O–H groups in total. The standard InChI is InChI=1S/C27H27N3O3/c1-19-10-6-9-15-24(19)30-18-21(16-25(30)31)26(32)28-23-14-8-7-13-22(23)27(33)29(2)17-20-11-4-3-5-12-20/h3-15,21H,16-18H2,1-2H3,(H,28,32)/t21-/m0/s1. The Bertz CT molecular complexity index is 1180. The molecule has 0 aliphatic carbocycles. The number of para-hydroxylation sites is 2. The molecule has 1 atom stereocenters. The van der Waals surface area contributed by atoms with E-state index in [1.165, 1.54) is 0 Å². The summed E-state index contributed by atoms with van der Waals surface area (Å²) in [6.07, 6.45) is 0.143. The van der Waals surface area contributed by atoms with Crippen LogP contribution in [-0.2, 0) is 16.1 Å². The number of hydrogen-bond donors (Lipinski definition) is 1. The van der Waals surface area contributed by atoms with Crippen molar-refractivity contribution in [1.29, 1.82) is 0 Å². The van der Waals surface area contributed by atoms with Crippen LogP contribution in [-0.4, -0.2) is 36.2 Å². The molecule has 4 rings (SSSR count). The van der Waals surface area contributed by atoms with Crippen molar-refractivity contribution in [1.82, 2.24) is 4.90 Å². The van der Waals surface area contributed by atoms with E-state index in [2.05, 4.69) is 5.32 Å². The Kier molecular flexibility index (Phi) is 6.54. The lowest BCUT2D eigenvalue weighted by Gasteiger charge is -2.20. The summed E-state index contributed by atoms with van der Waals surface area (Å²) in [5.74, 6) is -0.997. The molecule has 6 heteroatoms. The van der Waals surface area contributed by atoms with E-state index in [0.29, 0.717) is 24.3 Å². The van der Waals surface area contributed by atoms with Crippen molar-refractivity contribution in [2.45, 2.75) is 19.9 Å². The number of anilines is 2. The van der Waals surface area contributed by atoms with Crippen molar-refractivity contribution < 1.29 is 14.4 Å². The highest BCUT2D eigenvalue weighted by molar-refractivity contribution is 6.07. The van der Waals surface area contributed by atoms with Crippen molar-refractivity contribution in [3.05, 3.63) is 95.6 Å². The van der Waals surface area contributed by atoms with Gasteiger partial charge in [0.15, 0.2) is 0 Å². The van der Waals surface area contributed by atoms with Crippen molar-refractivity contribution >= 4 is 29.1 Å². The summed E-state index contributed by atoms with van der Waals surface area (Å²) in [6.45, 7) is 2.73. The highest BCUT2D eigenvalue weighted by Crippen LogP contribution is 2.29. The molecule has 0 bridgehead atoms. The Balaban J connectivity index is 1.46. The second-order valence-corrected chi connectivity index (χ2v) is 8.37. The molecule has 33 heavy (non-hydrogen) atoms. The first-order chi connectivity index (χ1) is 15.9. The molecule has 1 aliphatic heterocycles. The predicted octanol–water partition coefficient (Wildman–Crippen LogP) is 4.26. The van der Waals surface area contributed by atoms with Crippen LogP contribution in [0.15, 0.2) is 78.9 Å². The van der Waals surface area contributed by atoms with Crippen LogP contribution in [0.5, 0.6) is 0 Å². The quantitative estimate of drug-likeness (QED) is 0.621. The van der Waals surface area contributed by atoms with Crippen LogP contribution in [0.3, 0.4) is 0 Å². The van der Waals surface area contributed by atoms with Crippen LogP contribution < -0.4 is 10.2 Å². The lowest BCUT2D eigenvalue weighted by molar-refractivity contribution is -0.122. The lowest BCUT2D eigenvalue weighted by Crippen LogP contribution is -2.30. The molecular formula is C27H27N3O3. The van der Waals surface area contributed by atoms with E-state index in [1.807, 2.05) is 61.5 Å². The Morgan fingerprint density at radius 1 is 0.970 bits per heavy atom. The number of aryl methyl sites for hydroxylation is 1. The number of hydrogen-bond acceptors (Lipinski definition) is 3. The van der Waals surface area contributed by atoms with Crippen molar-refractivity contribution in [2.24, 2.45) is 5.92 Å². The molecule has 0 radical (unpaired) electrons. The molecule has 0 aromatic heterocycles. The van der Waals surface area contributed by atoms with E-state index in [9.17, 15) is 14.4 Å². The van der Waals surface area contributed by atoms with Gasteiger partial charge in [-0.15, -0.1) is 0 Å². The summed E-state index contributed by atoms with van der Waals surface area (Å²) in [6, 6.07) is 24.4. The van der Waals surface area contributed by atoms with Gasteiger partial charge < -0.3 is 15.1 Å². The van der Waals surface area contributed by atoms with Gasteiger partial charge in [-0.3, -0.25) is 14.4 Å². The molecule has 3 aromatic rings. The fourth-order valence-corrected chi connectivity index (χ4v) is 4.13. The SMILES string of the molecule is Cc1ccccc1N1C[C@@H](C(=O)Nc2ccccc2C(=O)N(C)Cc2ccccc2)CC1=O. The maximum atomic E-state index is 13.1. The molecular weight excluding hydrogens is 414 g/mol. The van der Waals surface area contributed by atoms with Gasteiger partial charge in [0, 0.05) is 32.2 Å². The Morgan fingerprint density at radius 3 is 2.39 bits per heavy atom. The van der Waals surface area contributed by atoms with Gasteiger partial charge >= 0.3 is 0 Å². The molecule has 3 amide bonds. The Hall–Kier alpha value is -3.93. The summed E-state index contributed by atoms with van der Waals surface area (Å²) >= 11 is 0. The van der Waals surface area contributed by atoms with Gasteiger partial charge in [0.05, 0.1) is 17.2 Å². The van der Waals surface area contributed by atoms with E-state index < -0.39 is 5.92 Å². The lowest BCUT2D eigenvalue weighted by atomic mass is 10.1. The summed E-state index contributed by atoms with van der Waals surface area (Å²) in [5.41, 5.74) is 3.72. The number of benzene rings is 3. The number of nitrogens with one attached hydrogen (secondary N) is 1. The van der Waals surface area contributed by atoms with Crippen molar-refractivity contribution in [3.8, 4) is 0 Å². The maximum Gasteiger partial charge on any atom is 0.256 e. The van der Waals surface area contributed by atoms with Gasteiger partial charge in [0.2, 0.25) is 11.8 Å². The van der Waals surface area contributed by atoms with E-state index in [1.54, 1.807) is 41.1 Å². The molecule has 0 spiro atoms. The van der Waals surface area contributed by atoms with Gasteiger partial charge in [-0.05, 0) is 36.2 Å². The molecule has 1 heterocycles. The topological polar surface area (TPSA) is 69.7 Å². The van der Waals surface area contributed by atoms with Crippen LogP contribution >= 0.6 is 0 Å². The number of rotatable bonds is 6. The normalized spacial score (nSPS) is 15.4. The highest BCUT2D eigenvalue weighted by atomic mass is 16.2. The molecule has 0 saturated carbocycles. The Morgan fingerprint density at radius 2 is 1.64 bits per heavy atom. The van der Waals surface area contributed by atoms with Gasteiger partial charge in [0.25, 0.3) is 5.91 Å². The van der Waals surface area contributed by atoms with E-state index >= 15 is 0 Å². The van der Waals surface area contributed by atoms with Crippen LogP contribution in [0.4, 0.5) is 11.4 Å². The monoisotopic (exact) mass is 441 g/mol. The predicted molar refractivity (Wildman–Crippen MR) is 129 cm³/mol. The number of nitrogens with zero attached hydrogens (tertiary/aromatic N) is 2. The Labute approximate surface area is 193 Å². The minimum atomic E-state index is -0.484. The number of amides is 3. The average molecular weight is 442 g/mol. The molecule has 1 fully saturated rings. The van der Waals surface area contributed by atoms with Gasteiger partial charge in [-0.2, -0.15) is 0 Å². The smallest absolute Gasteiger partial charge is 0.256 e. The second kappa shape index (κ2) is 9.69. The summed E-state index contributed by atoms with van der Waals surface area (Å²) in [5, 5.41) is 2.89. The summed E-state index contributed by atoms with van der Waals surface area (Å²) < 4.78 is 0. The third kappa shape index (κ3) is 4.95. The number of carbonyl (C=O) groups excluding carboxylic acids is 3. The fourth-order valence-electron chi connectivity index (χ4n) is 4.13. The zero-order chi connectivity index (χ0) is 23.4. The first-order valence-corrected chi connectivity index (χ1v) is 11.0. The van der Waals surface area contributed by atoms with Crippen molar-refractivity contribution in [2.75, 3.05) is 23.8 Å². The summed E-state index contributed by atoms with van der Waals surface area (Å²) in [7, 11) is 1.74. The van der Waals surface area contributed by atoms with Crippen molar-refractivity contribution in [3.63, 3.8) is 0 Å². The van der Waals surface area contributed by atoms with E-state index in [0.717, 1.165) is 16.8 Å². The first-order valence-electron chi connectivity index (χ1n) is 11.0. The molecule has 6 nitrogen and oxygen atoms in total. The van der Waals surface area contributed by atoms with Crippen LogP contribution in [0.1, 0.15) is 27.9 Å². The highest BCUT2D eigenvalue weighted by Gasteiger charge is 2.36. The largest absolute Gasteiger partial charge is 0.337 e. The third-order valence-corrected chi connectivity index (χ3v) is 5.93.